The lowest BCUT2D eigenvalue weighted by Gasteiger charge is -2.33. The normalized spacial score (nSPS) is 31.4. The van der Waals surface area contributed by atoms with Crippen molar-refractivity contribution in [3.05, 3.63) is 0 Å². The van der Waals surface area contributed by atoms with Crippen molar-refractivity contribution < 1.29 is 28.6 Å². The van der Waals surface area contributed by atoms with Gasteiger partial charge in [0.25, 0.3) is 0 Å². The molecule has 22 heavy (non-hydrogen) atoms. The number of rotatable bonds is 5. The molecule has 0 aliphatic carbocycles. The fourth-order valence-electron chi connectivity index (χ4n) is 2.22. The van der Waals surface area contributed by atoms with Crippen molar-refractivity contribution in [2.75, 3.05) is 6.61 Å². The molecule has 2 saturated heterocycles. The largest absolute Gasteiger partial charge is 0.453 e. The molecule has 1 N–H and O–H groups in total. The van der Waals surface area contributed by atoms with E-state index in [1.54, 1.807) is 0 Å². The summed E-state index contributed by atoms with van der Waals surface area (Å²) in [7, 11) is -1.23. The van der Waals surface area contributed by atoms with Crippen molar-refractivity contribution >= 4 is 31.2 Å². The van der Waals surface area contributed by atoms with E-state index in [9.17, 15) is 9.59 Å². The number of ether oxygens (including phenoxy) is 3. The van der Waals surface area contributed by atoms with Crippen LogP contribution in [-0.4, -0.2) is 49.8 Å². The first-order valence-electron chi connectivity index (χ1n) is 7.36. The molecule has 0 aromatic carbocycles. The second kappa shape index (κ2) is 7.20. The Labute approximate surface area is 135 Å². The predicted molar refractivity (Wildman–Crippen MR) is 84.3 cm³/mol. The van der Waals surface area contributed by atoms with Crippen molar-refractivity contribution in [2.45, 2.75) is 62.8 Å². The summed E-state index contributed by atoms with van der Waals surface area (Å²) in [4.78, 5) is 28.0. The second-order valence-corrected chi connectivity index (χ2v) is 13.4. The van der Waals surface area contributed by atoms with E-state index in [4.69, 9.17) is 19.0 Å². The minimum Gasteiger partial charge on any atom is -0.453 e. The van der Waals surface area contributed by atoms with E-state index in [-0.39, 0.29) is 22.8 Å². The molecule has 0 saturated carbocycles. The highest BCUT2D eigenvalue weighted by molar-refractivity contribution is 8.14. The van der Waals surface area contributed by atoms with Crippen molar-refractivity contribution in [2.24, 2.45) is 0 Å². The van der Waals surface area contributed by atoms with Crippen LogP contribution in [0.15, 0.2) is 0 Å². The van der Waals surface area contributed by atoms with Gasteiger partial charge in [-0.15, -0.1) is 0 Å². The number of hydrogen-bond acceptors (Lipinski definition) is 7. The van der Waals surface area contributed by atoms with E-state index in [1.165, 1.54) is 0 Å². The Bertz CT molecular complexity index is 429. The minimum atomic E-state index is -1.23. The van der Waals surface area contributed by atoms with Crippen LogP contribution in [0.2, 0.25) is 25.7 Å². The molecule has 7 nitrogen and oxygen atoms in total. The van der Waals surface area contributed by atoms with Gasteiger partial charge in [0.1, 0.15) is 6.10 Å². The molecule has 2 aliphatic rings. The molecule has 1 amide bonds. The van der Waals surface area contributed by atoms with Crippen molar-refractivity contribution in [1.82, 2.24) is 5.48 Å². The first kappa shape index (κ1) is 17.6. The number of fused-ring (bicyclic) bond motifs is 1. The van der Waals surface area contributed by atoms with Gasteiger partial charge in [-0.1, -0.05) is 19.6 Å². The zero-order valence-corrected chi connectivity index (χ0v) is 15.1. The third-order valence-electron chi connectivity index (χ3n) is 3.46. The standard InChI is InChI=1S/C13H23NO6SSi/c1-8-11-9(19-13(16)21-11)7-10(18-8)20-14-12(15)17-5-6-22(2,3)4/h8-11H,5-7H2,1-4H3,(H,14,15)/t8-,9+,10+,11-/m1/s1. The van der Waals surface area contributed by atoms with E-state index in [0.29, 0.717) is 13.0 Å². The zero-order valence-electron chi connectivity index (χ0n) is 13.3. The van der Waals surface area contributed by atoms with Gasteiger partial charge in [-0.2, -0.15) is 5.48 Å². The third-order valence-corrected chi connectivity index (χ3v) is 6.41. The molecule has 0 spiro atoms. The molecule has 9 heteroatoms. The van der Waals surface area contributed by atoms with E-state index < -0.39 is 20.5 Å². The Kier molecular flexibility index (Phi) is 5.75. The van der Waals surface area contributed by atoms with Crippen LogP contribution in [-0.2, 0) is 19.0 Å². The van der Waals surface area contributed by atoms with Crippen LogP contribution in [0, 0.1) is 0 Å². The summed E-state index contributed by atoms with van der Waals surface area (Å²) in [5, 5.41) is -0.305. The Morgan fingerprint density at radius 1 is 1.45 bits per heavy atom. The van der Waals surface area contributed by atoms with Gasteiger partial charge < -0.3 is 14.2 Å². The third kappa shape index (κ3) is 5.15. The van der Waals surface area contributed by atoms with Gasteiger partial charge in [-0.3, -0.25) is 0 Å². The lowest BCUT2D eigenvalue weighted by atomic mass is 10.1. The maximum absolute atomic E-state index is 11.5. The first-order valence-corrected chi connectivity index (χ1v) is 11.9. The lowest BCUT2D eigenvalue weighted by Crippen LogP contribution is -2.46. The number of amides is 1. The van der Waals surface area contributed by atoms with Crippen LogP contribution in [0.25, 0.3) is 0 Å². The highest BCUT2D eigenvalue weighted by atomic mass is 32.2. The number of hydroxylamine groups is 1. The molecule has 2 aliphatic heterocycles. The Hall–Kier alpha value is -0.773. The Morgan fingerprint density at radius 2 is 2.18 bits per heavy atom. The topological polar surface area (TPSA) is 83.1 Å². The van der Waals surface area contributed by atoms with Crippen molar-refractivity contribution in [1.29, 1.82) is 0 Å². The minimum absolute atomic E-state index is 0.0176. The summed E-state index contributed by atoms with van der Waals surface area (Å²) in [6, 6.07) is 0.897. The van der Waals surface area contributed by atoms with Crippen molar-refractivity contribution in [3.63, 3.8) is 0 Å². The van der Waals surface area contributed by atoms with Crippen LogP contribution in [0.1, 0.15) is 13.3 Å². The predicted octanol–water partition coefficient (Wildman–Crippen LogP) is 2.74. The van der Waals surface area contributed by atoms with Gasteiger partial charge >= 0.3 is 11.4 Å². The maximum Gasteiger partial charge on any atom is 0.431 e. The van der Waals surface area contributed by atoms with Gasteiger partial charge in [0.15, 0.2) is 6.29 Å². The van der Waals surface area contributed by atoms with Crippen LogP contribution in [0.4, 0.5) is 9.59 Å². The summed E-state index contributed by atoms with van der Waals surface area (Å²) in [6.45, 7) is 8.86. The molecular weight excluding hydrogens is 326 g/mol. The smallest absolute Gasteiger partial charge is 0.431 e. The zero-order chi connectivity index (χ0) is 16.3. The number of hydrogen-bond donors (Lipinski definition) is 1. The lowest BCUT2D eigenvalue weighted by molar-refractivity contribution is -0.225. The van der Waals surface area contributed by atoms with Crippen LogP contribution in [0.5, 0.6) is 0 Å². The van der Waals surface area contributed by atoms with E-state index in [1.807, 2.05) is 6.92 Å². The average molecular weight is 349 g/mol. The quantitative estimate of drug-likeness (QED) is 0.464. The van der Waals surface area contributed by atoms with Crippen LogP contribution < -0.4 is 5.48 Å². The van der Waals surface area contributed by atoms with Gasteiger partial charge in [-0.05, 0) is 24.7 Å². The first-order chi connectivity index (χ1) is 10.2. The van der Waals surface area contributed by atoms with Gasteiger partial charge in [0, 0.05) is 14.5 Å². The molecule has 2 rings (SSSR count). The molecule has 0 aromatic rings. The second-order valence-electron chi connectivity index (χ2n) is 6.66. The number of carbonyl (C=O) groups excluding carboxylic acids is 2. The van der Waals surface area contributed by atoms with E-state index >= 15 is 0 Å². The summed E-state index contributed by atoms with van der Waals surface area (Å²) < 4.78 is 15.9. The van der Waals surface area contributed by atoms with Crippen molar-refractivity contribution in [3.8, 4) is 0 Å². The fraction of sp³-hybridized carbons (Fsp3) is 0.846. The fourth-order valence-corrected chi connectivity index (χ4v) is 3.91. The SMILES string of the molecule is C[C@H]1O[C@@H](ONC(=O)OCC[Si](C)(C)C)C[C@@H]2OC(=O)S[C@@H]21. The van der Waals surface area contributed by atoms with Crippen LogP contribution in [0.3, 0.4) is 0 Å². The molecule has 0 radical (unpaired) electrons. The van der Waals surface area contributed by atoms with Gasteiger partial charge in [0.05, 0.1) is 18.0 Å². The molecule has 0 unspecified atom stereocenters. The number of thioether (sulfide) groups is 1. The molecule has 2 fully saturated rings. The Morgan fingerprint density at radius 3 is 2.86 bits per heavy atom. The number of carbonyl (C=O) groups is 2. The average Bonchev–Trinajstić information content (AvgIpc) is 2.76. The van der Waals surface area contributed by atoms with Gasteiger partial charge in [0.2, 0.25) is 0 Å². The summed E-state index contributed by atoms with van der Waals surface area (Å²) in [5.41, 5.74) is 2.23. The summed E-state index contributed by atoms with van der Waals surface area (Å²) >= 11 is 1.15. The molecule has 0 aromatic heterocycles. The van der Waals surface area contributed by atoms with E-state index in [0.717, 1.165) is 17.8 Å². The van der Waals surface area contributed by atoms with Gasteiger partial charge in [-0.25, -0.2) is 14.4 Å². The molecule has 4 atom stereocenters. The molecule has 2 heterocycles. The highest BCUT2D eigenvalue weighted by Crippen LogP contribution is 2.38. The highest BCUT2D eigenvalue weighted by Gasteiger charge is 2.46. The summed E-state index contributed by atoms with van der Waals surface area (Å²) in [6.07, 6.45) is -1.31. The monoisotopic (exact) mass is 349 g/mol. The summed E-state index contributed by atoms with van der Waals surface area (Å²) in [5.74, 6) is 0. The van der Waals surface area contributed by atoms with Crippen LogP contribution >= 0.6 is 11.8 Å². The molecule has 126 valence electrons. The molecular formula is C13H23NO6SSi. The van der Waals surface area contributed by atoms with E-state index in [2.05, 4.69) is 25.1 Å². The number of nitrogens with one attached hydrogen (secondary N) is 1. The Balaban J connectivity index is 1.69. The molecule has 0 bridgehead atoms. The maximum atomic E-state index is 11.5.